The molecule has 0 spiro atoms. The van der Waals surface area contributed by atoms with Crippen LogP contribution in [0.25, 0.3) is 0 Å². The highest BCUT2D eigenvalue weighted by molar-refractivity contribution is 8.14. The summed E-state index contributed by atoms with van der Waals surface area (Å²) in [5.74, 6) is 0. The first kappa shape index (κ1) is 32.5. The maximum atomic E-state index is 2.91. The van der Waals surface area contributed by atoms with E-state index in [9.17, 15) is 0 Å². The molecule has 0 unspecified atom stereocenters. The monoisotopic (exact) mass is 571 g/mol. The van der Waals surface area contributed by atoms with Crippen LogP contribution in [-0.2, 0) is 0 Å². The van der Waals surface area contributed by atoms with Crippen LogP contribution in [0.2, 0.25) is 64.5 Å². The molecule has 0 amide bonds. The molecular weight excluding hydrogens is 509 g/mol. The van der Waals surface area contributed by atoms with Crippen LogP contribution in [0, 0.1) is 0 Å². The zero-order chi connectivity index (χ0) is 27.2. The highest BCUT2D eigenvalue weighted by Crippen LogP contribution is 2.63. The molecule has 0 atom stereocenters. The van der Waals surface area contributed by atoms with Gasteiger partial charge in [0.2, 0.25) is 7.11 Å². The van der Waals surface area contributed by atoms with Crippen molar-refractivity contribution < 1.29 is 0 Å². The zero-order valence-electron chi connectivity index (χ0n) is 27.0. The predicted octanol–water partition coefficient (Wildman–Crippen LogP) is 9.61. The summed E-state index contributed by atoms with van der Waals surface area (Å²) in [6, 6.07) is 0. The summed E-state index contributed by atoms with van der Waals surface area (Å²) in [5.41, 5.74) is 0. The molecule has 0 nitrogen and oxygen atoms in total. The van der Waals surface area contributed by atoms with Gasteiger partial charge < -0.3 is 0 Å². The van der Waals surface area contributed by atoms with Crippen LogP contribution in [0.5, 0.6) is 0 Å². The highest BCUT2D eigenvalue weighted by atomic mass is 30.3. The van der Waals surface area contributed by atoms with Crippen LogP contribution in [0.3, 0.4) is 0 Å². The van der Waals surface area contributed by atoms with Gasteiger partial charge in [0.1, 0.15) is 36.4 Å². The summed E-state index contributed by atoms with van der Waals surface area (Å²) in [7, 11) is -6.09. The molecule has 0 aromatic heterocycles. The van der Waals surface area contributed by atoms with E-state index in [2.05, 4.69) is 143 Å². The lowest BCUT2D eigenvalue weighted by molar-refractivity contribution is 0.648. The van der Waals surface area contributed by atoms with Gasteiger partial charge in [-0.25, -0.2) is 0 Å². The van der Waals surface area contributed by atoms with Gasteiger partial charge in [-0.05, 0) is 25.2 Å². The Morgan fingerprint density at radius 1 is 0.485 bits per heavy atom. The number of rotatable bonds is 3. The Balaban J connectivity index is 4.57. The standard InChI is InChI=1S/C26H63Si7/c1-22(2,3)30(16,17)27-28(31(18,19)23(4,5)6)33(25(10,11)12,26(13,14)15)29(27)32(20,21)24(7,8)9/h1-21H3/q+1. The van der Waals surface area contributed by atoms with Crippen LogP contribution in [0.1, 0.15) is 104 Å². The second-order valence-electron chi connectivity index (χ2n) is 18.0. The minimum atomic E-state index is -1.54. The zero-order valence-corrected chi connectivity index (χ0v) is 34.0. The summed E-state index contributed by atoms with van der Waals surface area (Å²) in [6.07, 6.45) is 0. The summed E-state index contributed by atoms with van der Waals surface area (Å²) < 4.78 is 0. The lowest BCUT2D eigenvalue weighted by atomic mass is 10.2. The van der Waals surface area contributed by atoms with Gasteiger partial charge in [-0.2, -0.15) is 0 Å². The molecule has 0 saturated carbocycles. The van der Waals surface area contributed by atoms with Gasteiger partial charge in [-0.3, -0.25) is 0 Å². The fourth-order valence-corrected chi connectivity index (χ4v) is 304. The molecule has 1 aliphatic heterocycles. The first-order valence-electron chi connectivity index (χ1n) is 13.5. The Labute approximate surface area is 218 Å². The first-order valence-corrected chi connectivity index (χ1v) is 36.0. The van der Waals surface area contributed by atoms with E-state index in [4.69, 9.17) is 0 Å². The molecule has 0 saturated heterocycles. The number of hydrogen-bond donors (Lipinski definition) is 0. The minimum Gasteiger partial charge on any atom is -0.0665 e. The average molecular weight is 572 g/mol. The SMILES string of the molecule is CC(C)(C)[Si](C)(C)[Si]1=[Si]([Si](C)(C)C(C)(C)C)[Si](C(C)(C)C)(C(C)(C)C)[Si+]1[Si](C)(C)C(C)(C)C. The summed E-state index contributed by atoms with van der Waals surface area (Å²) in [4.78, 5) is 0. The van der Waals surface area contributed by atoms with Crippen LogP contribution < -0.4 is 0 Å². The largest absolute Gasteiger partial charge is 0.220 e. The Morgan fingerprint density at radius 2 is 0.788 bits per heavy atom. The van der Waals surface area contributed by atoms with Crippen molar-refractivity contribution in [3.63, 3.8) is 0 Å². The molecule has 0 fully saturated rings. The Morgan fingerprint density at radius 3 is 1.00 bits per heavy atom. The Kier molecular flexibility index (Phi) is 8.40. The van der Waals surface area contributed by atoms with Crippen molar-refractivity contribution >= 4 is 51.1 Å². The third kappa shape index (κ3) is 4.66. The molecule has 0 aromatic carbocycles. The minimum absolute atomic E-state index is 0.280. The Hall–Kier alpha value is 1.52. The Bertz CT molecular complexity index is 769. The lowest BCUT2D eigenvalue weighted by Crippen LogP contribution is -2.97. The van der Waals surface area contributed by atoms with Crippen LogP contribution in [0.15, 0.2) is 0 Å². The summed E-state index contributed by atoms with van der Waals surface area (Å²) in [6.45, 7) is 57.2. The summed E-state index contributed by atoms with van der Waals surface area (Å²) in [5, 5.41) is 2.66. The molecule has 1 heterocycles. The highest BCUT2D eigenvalue weighted by Gasteiger charge is 2.86. The van der Waals surface area contributed by atoms with E-state index < -0.39 is 29.9 Å². The quantitative estimate of drug-likeness (QED) is 0.296. The molecule has 194 valence electrons. The topological polar surface area (TPSA) is 0 Å². The van der Waals surface area contributed by atoms with Gasteiger partial charge in [0.25, 0.3) is 0 Å². The van der Waals surface area contributed by atoms with Crippen LogP contribution in [-0.4, -0.2) is 51.1 Å². The van der Waals surface area contributed by atoms with Gasteiger partial charge in [0, 0.05) is 0 Å². The van der Waals surface area contributed by atoms with Crippen molar-refractivity contribution in [2.24, 2.45) is 0 Å². The summed E-state index contributed by atoms with van der Waals surface area (Å²) >= 11 is 0. The van der Waals surface area contributed by atoms with Crippen molar-refractivity contribution in [3.05, 3.63) is 0 Å². The molecule has 33 heavy (non-hydrogen) atoms. The van der Waals surface area contributed by atoms with Gasteiger partial charge in [0.15, 0.2) is 0 Å². The smallest absolute Gasteiger partial charge is 0.0665 e. The molecule has 0 radical (unpaired) electrons. The third-order valence-electron chi connectivity index (χ3n) is 11.0. The molecule has 0 aliphatic carbocycles. The van der Waals surface area contributed by atoms with E-state index in [-0.39, 0.29) is 21.2 Å². The second-order valence-corrected chi connectivity index (χ2v) is 83.2. The molecule has 0 aromatic rings. The fraction of sp³-hybridized carbons (Fsp3) is 1.00. The maximum absolute atomic E-state index is 2.91. The predicted molar refractivity (Wildman–Crippen MR) is 174 cm³/mol. The van der Waals surface area contributed by atoms with Gasteiger partial charge in [0.05, 0.1) is 7.59 Å². The van der Waals surface area contributed by atoms with Crippen molar-refractivity contribution in [2.45, 2.75) is 168 Å². The van der Waals surface area contributed by atoms with Gasteiger partial charge in [-0.15, -0.1) is 0 Å². The molecule has 1 rings (SSSR count). The van der Waals surface area contributed by atoms with Crippen LogP contribution in [0.4, 0.5) is 0 Å². The van der Waals surface area contributed by atoms with E-state index in [1.807, 2.05) is 0 Å². The van der Waals surface area contributed by atoms with Crippen molar-refractivity contribution in [2.75, 3.05) is 0 Å². The van der Waals surface area contributed by atoms with E-state index in [1.54, 1.807) is 0 Å². The first-order chi connectivity index (χ1) is 13.9. The van der Waals surface area contributed by atoms with E-state index in [1.165, 1.54) is 0 Å². The van der Waals surface area contributed by atoms with E-state index in [0.717, 1.165) is 0 Å². The normalized spacial score (nSPS) is 19.7. The molecular formula is C26H63Si7+. The molecule has 0 N–H and O–H groups in total. The molecule has 0 bridgehead atoms. The second kappa shape index (κ2) is 8.51. The van der Waals surface area contributed by atoms with E-state index in [0.29, 0.717) is 25.2 Å². The van der Waals surface area contributed by atoms with Crippen LogP contribution >= 0.6 is 0 Å². The van der Waals surface area contributed by atoms with Crippen molar-refractivity contribution in [1.29, 1.82) is 0 Å². The van der Waals surface area contributed by atoms with Gasteiger partial charge >= 0.3 is 0 Å². The lowest BCUT2D eigenvalue weighted by Gasteiger charge is -2.65. The van der Waals surface area contributed by atoms with Crippen molar-refractivity contribution in [3.8, 4) is 0 Å². The van der Waals surface area contributed by atoms with Gasteiger partial charge in [-0.1, -0.05) is 143 Å². The maximum Gasteiger partial charge on any atom is 0.220 e. The fourth-order valence-electron chi connectivity index (χ4n) is 6.50. The average Bonchev–Trinajstić information content (AvgIpc) is 2.37. The molecule has 7 heteroatoms. The van der Waals surface area contributed by atoms with Crippen molar-refractivity contribution in [1.82, 2.24) is 0 Å². The third-order valence-corrected chi connectivity index (χ3v) is 164. The molecule has 1 aliphatic rings. The number of hydrogen-bond acceptors (Lipinski definition) is 0. The van der Waals surface area contributed by atoms with E-state index >= 15 is 0 Å².